The monoisotopic (exact) mass is 536 g/mol. The number of rotatable bonds is 12. The molecule has 0 saturated carbocycles. The second-order valence-electron chi connectivity index (χ2n) is 6.73. The molecule has 0 radical (unpaired) electrons. The number of para-hydroxylation sites is 1. The molecule has 1 heterocycles. The highest BCUT2D eigenvalue weighted by Crippen LogP contribution is 2.19. The van der Waals surface area contributed by atoms with E-state index in [9.17, 15) is 0 Å². The number of ether oxygens (including phenoxy) is 2. The molecule has 0 amide bonds. The first-order valence-corrected chi connectivity index (χ1v) is 11.7. The molecule has 1 aliphatic rings. The van der Waals surface area contributed by atoms with Gasteiger partial charge in [0.1, 0.15) is 12.4 Å². The van der Waals surface area contributed by atoms with Crippen molar-refractivity contribution in [3.8, 4) is 5.75 Å². The Kier molecular flexibility index (Phi) is 15.5. The first-order chi connectivity index (χ1) is 13.8. The van der Waals surface area contributed by atoms with Gasteiger partial charge in [0.2, 0.25) is 0 Å². The van der Waals surface area contributed by atoms with Crippen LogP contribution < -0.4 is 15.4 Å². The zero-order chi connectivity index (χ0) is 19.9. The molecule has 0 aliphatic carbocycles. The second-order valence-corrected chi connectivity index (χ2v) is 7.72. The van der Waals surface area contributed by atoms with E-state index < -0.39 is 0 Å². The van der Waals surface area contributed by atoms with Crippen LogP contribution in [0.4, 0.5) is 0 Å². The van der Waals surface area contributed by atoms with Gasteiger partial charge in [-0.2, -0.15) is 11.8 Å². The summed E-state index contributed by atoms with van der Waals surface area (Å²) < 4.78 is 11.5. The highest BCUT2D eigenvalue weighted by molar-refractivity contribution is 14.0. The van der Waals surface area contributed by atoms with E-state index >= 15 is 0 Å². The molecule has 1 aromatic rings. The van der Waals surface area contributed by atoms with E-state index in [4.69, 9.17) is 14.5 Å². The number of halogens is 1. The molecule has 1 aliphatic heterocycles. The number of thioether (sulfide) groups is 1. The fraction of sp³-hybridized carbons (Fsp3) is 0.667. The van der Waals surface area contributed by atoms with E-state index in [0.29, 0.717) is 13.2 Å². The van der Waals surface area contributed by atoms with Crippen LogP contribution in [0.2, 0.25) is 0 Å². The van der Waals surface area contributed by atoms with Gasteiger partial charge < -0.3 is 20.1 Å². The van der Waals surface area contributed by atoms with Gasteiger partial charge in [0, 0.05) is 38.3 Å². The van der Waals surface area contributed by atoms with Crippen LogP contribution in [-0.2, 0) is 11.3 Å². The molecule has 0 bridgehead atoms. The number of nitrogens with one attached hydrogen (secondary N) is 2. The molecular formula is C21H37IN4O2S. The summed E-state index contributed by atoms with van der Waals surface area (Å²) in [4.78, 5) is 7.13. The van der Waals surface area contributed by atoms with Crippen molar-refractivity contribution in [3.05, 3.63) is 29.8 Å². The number of guanidine groups is 1. The van der Waals surface area contributed by atoms with Gasteiger partial charge in [-0.1, -0.05) is 18.2 Å². The minimum atomic E-state index is 0. The smallest absolute Gasteiger partial charge is 0.191 e. The zero-order valence-corrected chi connectivity index (χ0v) is 21.0. The lowest BCUT2D eigenvalue weighted by molar-refractivity contribution is 0.0322. The third-order valence-electron chi connectivity index (χ3n) is 4.56. The van der Waals surface area contributed by atoms with Crippen molar-refractivity contribution < 1.29 is 9.47 Å². The molecule has 1 aromatic carbocycles. The summed E-state index contributed by atoms with van der Waals surface area (Å²) in [5.74, 6) is 3.01. The van der Waals surface area contributed by atoms with Crippen molar-refractivity contribution in [2.45, 2.75) is 26.3 Å². The van der Waals surface area contributed by atoms with Gasteiger partial charge in [-0.15, -0.1) is 24.0 Å². The van der Waals surface area contributed by atoms with Gasteiger partial charge in [0.15, 0.2) is 5.96 Å². The third-order valence-corrected chi connectivity index (χ3v) is 5.26. The standard InChI is InChI=1S/C21H36N4O2S.HI/c1-3-22-21(23-10-6-7-17-28-2)24-18-19-8-4-5-9-20(19)27-16-13-25-11-14-26-15-12-25;/h4-5,8-9H,3,6-7,10-18H2,1-2H3,(H2,22,23,24);1H. The minimum Gasteiger partial charge on any atom is -0.492 e. The van der Waals surface area contributed by atoms with Gasteiger partial charge in [0.05, 0.1) is 19.8 Å². The fourth-order valence-corrected chi connectivity index (χ4v) is 3.46. The van der Waals surface area contributed by atoms with Gasteiger partial charge in [0.25, 0.3) is 0 Å². The zero-order valence-electron chi connectivity index (χ0n) is 17.8. The Morgan fingerprint density at radius 1 is 1.21 bits per heavy atom. The van der Waals surface area contributed by atoms with Crippen molar-refractivity contribution in [2.75, 3.05) is 64.6 Å². The number of nitrogens with zero attached hydrogens (tertiary/aromatic N) is 2. The van der Waals surface area contributed by atoms with Crippen LogP contribution >= 0.6 is 35.7 Å². The minimum absolute atomic E-state index is 0. The highest BCUT2D eigenvalue weighted by Gasteiger charge is 2.10. The Balaban J connectivity index is 0.00000420. The lowest BCUT2D eigenvalue weighted by Crippen LogP contribution is -2.38. The maximum atomic E-state index is 6.06. The molecule has 8 heteroatoms. The summed E-state index contributed by atoms with van der Waals surface area (Å²) in [6, 6.07) is 8.19. The summed E-state index contributed by atoms with van der Waals surface area (Å²) in [5.41, 5.74) is 1.11. The first-order valence-electron chi connectivity index (χ1n) is 10.4. The molecule has 1 fully saturated rings. The maximum absolute atomic E-state index is 6.06. The molecule has 0 unspecified atom stereocenters. The number of unbranched alkanes of at least 4 members (excludes halogenated alkanes) is 1. The van der Waals surface area contributed by atoms with E-state index in [0.717, 1.165) is 69.6 Å². The van der Waals surface area contributed by atoms with Crippen LogP contribution in [0.25, 0.3) is 0 Å². The Hall–Kier alpha value is -0.710. The Morgan fingerprint density at radius 2 is 2.00 bits per heavy atom. The summed E-state index contributed by atoms with van der Waals surface area (Å²) >= 11 is 1.90. The van der Waals surface area contributed by atoms with Crippen molar-refractivity contribution in [1.82, 2.24) is 15.5 Å². The van der Waals surface area contributed by atoms with Crippen molar-refractivity contribution in [1.29, 1.82) is 0 Å². The molecule has 0 atom stereocenters. The summed E-state index contributed by atoms with van der Waals surface area (Å²) in [6.45, 7) is 9.75. The van der Waals surface area contributed by atoms with Crippen molar-refractivity contribution in [3.63, 3.8) is 0 Å². The third kappa shape index (κ3) is 11.3. The quantitative estimate of drug-likeness (QED) is 0.185. The highest BCUT2D eigenvalue weighted by atomic mass is 127. The molecule has 2 N–H and O–H groups in total. The van der Waals surface area contributed by atoms with Gasteiger partial charge in [-0.3, -0.25) is 4.90 Å². The summed E-state index contributed by atoms with van der Waals surface area (Å²) in [5, 5.41) is 6.75. The Bertz CT molecular complexity index is 571. The molecule has 166 valence electrons. The van der Waals surface area contributed by atoms with Crippen LogP contribution in [0, 0.1) is 0 Å². The largest absolute Gasteiger partial charge is 0.492 e. The average Bonchev–Trinajstić information content (AvgIpc) is 2.73. The van der Waals surface area contributed by atoms with Gasteiger partial charge in [-0.05, 0) is 37.8 Å². The molecule has 1 saturated heterocycles. The average molecular weight is 537 g/mol. The Labute approximate surface area is 197 Å². The van der Waals surface area contributed by atoms with E-state index in [1.165, 1.54) is 12.2 Å². The lowest BCUT2D eigenvalue weighted by atomic mass is 10.2. The number of aliphatic imine (C=N–C) groups is 1. The van der Waals surface area contributed by atoms with Crippen LogP contribution in [0.15, 0.2) is 29.3 Å². The predicted molar refractivity (Wildman–Crippen MR) is 135 cm³/mol. The fourth-order valence-electron chi connectivity index (χ4n) is 2.97. The molecule has 29 heavy (non-hydrogen) atoms. The van der Waals surface area contributed by atoms with Gasteiger partial charge >= 0.3 is 0 Å². The molecular weight excluding hydrogens is 499 g/mol. The maximum Gasteiger partial charge on any atom is 0.191 e. The number of morpholine rings is 1. The Morgan fingerprint density at radius 3 is 2.76 bits per heavy atom. The van der Waals surface area contributed by atoms with E-state index in [1.807, 2.05) is 30.0 Å². The van der Waals surface area contributed by atoms with E-state index in [-0.39, 0.29) is 24.0 Å². The van der Waals surface area contributed by atoms with E-state index in [1.54, 1.807) is 0 Å². The second kappa shape index (κ2) is 17.0. The van der Waals surface area contributed by atoms with Crippen LogP contribution in [-0.4, -0.2) is 75.4 Å². The first kappa shape index (κ1) is 26.3. The molecule has 0 spiro atoms. The van der Waals surface area contributed by atoms with Gasteiger partial charge in [-0.25, -0.2) is 4.99 Å². The van der Waals surface area contributed by atoms with Crippen LogP contribution in [0.3, 0.4) is 0 Å². The van der Waals surface area contributed by atoms with E-state index in [2.05, 4.69) is 34.8 Å². The number of benzene rings is 1. The molecule has 2 rings (SSSR count). The summed E-state index contributed by atoms with van der Waals surface area (Å²) in [7, 11) is 0. The van der Waals surface area contributed by atoms with Crippen LogP contribution in [0.5, 0.6) is 5.75 Å². The molecule has 0 aromatic heterocycles. The number of hydrogen-bond acceptors (Lipinski definition) is 5. The van der Waals surface area contributed by atoms with Crippen molar-refractivity contribution in [2.24, 2.45) is 4.99 Å². The lowest BCUT2D eigenvalue weighted by Gasteiger charge is -2.26. The molecule has 6 nitrogen and oxygen atoms in total. The van der Waals surface area contributed by atoms with Crippen molar-refractivity contribution >= 4 is 41.7 Å². The normalized spacial score (nSPS) is 14.9. The topological polar surface area (TPSA) is 58.1 Å². The van der Waals surface area contributed by atoms with Crippen LogP contribution in [0.1, 0.15) is 25.3 Å². The summed E-state index contributed by atoms with van der Waals surface area (Å²) in [6.07, 6.45) is 4.54. The SMILES string of the molecule is CCNC(=NCc1ccccc1OCCN1CCOCC1)NCCCCSC.I. The predicted octanol–water partition coefficient (Wildman–Crippen LogP) is 3.21. The number of hydrogen-bond donors (Lipinski definition) is 2.